The molecule has 0 aliphatic heterocycles. The van der Waals surface area contributed by atoms with E-state index in [-0.39, 0.29) is 0 Å². The first-order chi connectivity index (χ1) is 14.1. The molecule has 1 N–H and O–H groups in total. The van der Waals surface area contributed by atoms with Gasteiger partial charge in [0.2, 0.25) is 0 Å². The summed E-state index contributed by atoms with van der Waals surface area (Å²) in [6.07, 6.45) is 5.84. The van der Waals surface area contributed by atoms with Gasteiger partial charge in [0.15, 0.2) is 0 Å². The largest absolute Gasteiger partial charge is 0.314 e. The van der Waals surface area contributed by atoms with Crippen LogP contribution in [0.2, 0.25) is 0 Å². The van der Waals surface area contributed by atoms with Crippen LogP contribution < -0.4 is 5.32 Å². The molecule has 0 saturated carbocycles. The summed E-state index contributed by atoms with van der Waals surface area (Å²) in [6.45, 7) is 10.3. The Balaban J connectivity index is 1.51. The van der Waals surface area contributed by atoms with E-state index >= 15 is 0 Å². The van der Waals surface area contributed by atoms with Gasteiger partial charge in [-0.15, -0.1) is 0 Å². The maximum atomic E-state index is 3.77. The third kappa shape index (κ3) is 5.70. The van der Waals surface area contributed by atoms with E-state index in [0.29, 0.717) is 12.0 Å². The van der Waals surface area contributed by atoms with Crippen molar-refractivity contribution in [2.24, 2.45) is 0 Å². The first kappa shape index (κ1) is 21.6. The van der Waals surface area contributed by atoms with Gasteiger partial charge in [0.25, 0.3) is 0 Å². The van der Waals surface area contributed by atoms with E-state index in [2.05, 4.69) is 93.7 Å². The molecule has 2 unspecified atom stereocenters. The summed E-state index contributed by atoms with van der Waals surface area (Å²) < 4.78 is 0. The molecule has 0 bridgehead atoms. The molecule has 0 saturated heterocycles. The van der Waals surface area contributed by atoms with Crippen molar-refractivity contribution in [1.82, 2.24) is 5.32 Å². The lowest BCUT2D eigenvalue weighted by atomic mass is 9.89. The van der Waals surface area contributed by atoms with Crippen molar-refractivity contribution < 1.29 is 0 Å². The van der Waals surface area contributed by atoms with Crippen LogP contribution in [0, 0.1) is 0 Å². The Bertz CT molecular complexity index is 911. The number of fused-ring (bicyclic) bond motifs is 1. The molecule has 2 atom stereocenters. The first-order valence-electron chi connectivity index (χ1n) is 11.4. The fourth-order valence-corrected chi connectivity index (χ4v) is 4.26. The molecule has 3 aromatic carbocycles. The standard InChI is InChI=1S/C28H37N/c1-5-10-27-20-26(17-16-24(27)6-2)21(3)22(4)29-18-9-11-23-14-15-25-12-7-8-13-28(25)19-23/h7-8,12-17,19-22,29H,5-6,9-11,18H2,1-4H3. The highest BCUT2D eigenvalue weighted by atomic mass is 14.9. The van der Waals surface area contributed by atoms with Gasteiger partial charge >= 0.3 is 0 Å². The Kier molecular flexibility index (Phi) is 7.89. The van der Waals surface area contributed by atoms with Crippen molar-refractivity contribution in [2.45, 2.75) is 71.8 Å². The molecule has 3 rings (SSSR count). The molecule has 0 aromatic heterocycles. The molecule has 3 aromatic rings. The third-order valence-electron chi connectivity index (χ3n) is 6.33. The lowest BCUT2D eigenvalue weighted by Crippen LogP contribution is -2.32. The molecular weight excluding hydrogens is 350 g/mol. The van der Waals surface area contributed by atoms with Crippen LogP contribution in [0.25, 0.3) is 10.8 Å². The van der Waals surface area contributed by atoms with E-state index in [9.17, 15) is 0 Å². The Labute approximate surface area is 177 Å². The molecule has 1 heteroatoms. The van der Waals surface area contributed by atoms with Crippen molar-refractivity contribution in [3.63, 3.8) is 0 Å². The topological polar surface area (TPSA) is 12.0 Å². The van der Waals surface area contributed by atoms with Crippen molar-refractivity contribution in [2.75, 3.05) is 6.54 Å². The van der Waals surface area contributed by atoms with Gasteiger partial charge in [0, 0.05) is 6.04 Å². The summed E-state index contributed by atoms with van der Waals surface area (Å²) in [6, 6.07) is 23.1. The van der Waals surface area contributed by atoms with Gasteiger partial charge in [-0.2, -0.15) is 0 Å². The van der Waals surface area contributed by atoms with E-state index in [0.717, 1.165) is 19.4 Å². The van der Waals surface area contributed by atoms with E-state index in [1.807, 2.05) is 0 Å². The molecule has 0 amide bonds. The average Bonchev–Trinajstić information content (AvgIpc) is 2.76. The molecule has 29 heavy (non-hydrogen) atoms. The number of hydrogen-bond acceptors (Lipinski definition) is 1. The lowest BCUT2D eigenvalue weighted by Gasteiger charge is -2.23. The molecule has 154 valence electrons. The molecule has 0 fully saturated rings. The van der Waals surface area contributed by atoms with Gasteiger partial charge < -0.3 is 5.32 Å². The maximum Gasteiger partial charge on any atom is 0.0105 e. The highest BCUT2D eigenvalue weighted by Gasteiger charge is 2.15. The van der Waals surface area contributed by atoms with Crippen LogP contribution in [0.4, 0.5) is 0 Å². The smallest absolute Gasteiger partial charge is 0.0105 e. The third-order valence-corrected chi connectivity index (χ3v) is 6.33. The van der Waals surface area contributed by atoms with Crippen LogP contribution in [0.15, 0.2) is 60.7 Å². The van der Waals surface area contributed by atoms with E-state index in [1.165, 1.54) is 46.7 Å². The molecule has 0 heterocycles. The number of benzene rings is 3. The molecule has 0 spiro atoms. The van der Waals surface area contributed by atoms with Crippen molar-refractivity contribution in [1.29, 1.82) is 0 Å². The summed E-state index contributed by atoms with van der Waals surface area (Å²) >= 11 is 0. The Morgan fingerprint density at radius 2 is 1.59 bits per heavy atom. The molecule has 1 nitrogen and oxygen atoms in total. The van der Waals surface area contributed by atoms with Crippen LogP contribution >= 0.6 is 0 Å². The fourth-order valence-electron chi connectivity index (χ4n) is 4.26. The quantitative estimate of drug-likeness (QED) is 0.367. The predicted molar refractivity (Wildman–Crippen MR) is 128 cm³/mol. The minimum Gasteiger partial charge on any atom is -0.314 e. The van der Waals surface area contributed by atoms with Crippen LogP contribution in [0.1, 0.15) is 68.7 Å². The second-order valence-electron chi connectivity index (χ2n) is 8.45. The Hall–Kier alpha value is -2.12. The second-order valence-corrected chi connectivity index (χ2v) is 8.45. The van der Waals surface area contributed by atoms with Gasteiger partial charge in [0.05, 0.1) is 0 Å². The number of aryl methyl sites for hydroxylation is 3. The summed E-state index contributed by atoms with van der Waals surface area (Å²) in [5.74, 6) is 0.525. The number of nitrogens with one attached hydrogen (secondary N) is 1. The normalized spacial score (nSPS) is 13.5. The van der Waals surface area contributed by atoms with Gasteiger partial charge in [-0.3, -0.25) is 0 Å². The Morgan fingerprint density at radius 3 is 2.34 bits per heavy atom. The average molecular weight is 388 g/mol. The van der Waals surface area contributed by atoms with E-state index in [4.69, 9.17) is 0 Å². The minimum absolute atomic E-state index is 0.480. The highest BCUT2D eigenvalue weighted by molar-refractivity contribution is 5.82. The minimum atomic E-state index is 0.480. The molecular formula is C28H37N. The van der Waals surface area contributed by atoms with Crippen molar-refractivity contribution >= 4 is 10.8 Å². The molecule has 0 aliphatic rings. The van der Waals surface area contributed by atoms with E-state index < -0.39 is 0 Å². The number of hydrogen-bond donors (Lipinski definition) is 1. The SMILES string of the molecule is CCCc1cc(C(C)C(C)NCCCc2ccc3ccccc3c2)ccc1CC. The van der Waals surface area contributed by atoms with Gasteiger partial charge in [-0.05, 0) is 78.1 Å². The fraction of sp³-hybridized carbons (Fsp3) is 0.429. The van der Waals surface area contributed by atoms with Crippen LogP contribution in [0.5, 0.6) is 0 Å². The molecule has 0 radical (unpaired) electrons. The highest BCUT2D eigenvalue weighted by Crippen LogP contribution is 2.24. The zero-order valence-corrected chi connectivity index (χ0v) is 18.7. The first-order valence-corrected chi connectivity index (χ1v) is 11.4. The summed E-state index contributed by atoms with van der Waals surface area (Å²) in [5, 5.41) is 6.44. The maximum absolute atomic E-state index is 3.77. The van der Waals surface area contributed by atoms with Crippen LogP contribution in [-0.2, 0) is 19.3 Å². The van der Waals surface area contributed by atoms with Gasteiger partial charge in [-0.1, -0.05) is 87.9 Å². The van der Waals surface area contributed by atoms with Gasteiger partial charge in [0.1, 0.15) is 0 Å². The van der Waals surface area contributed by atoms with Gasteiger partial charge in [-0.25, -0.2) is 0 Å². The summed E-state index contributed by atoms with van der Waals surface area (Å²) in [7, 11) is 0. The van der Waals surface area contributed by atoms with Crippen molar-refractivity contribution in [3.8, 4) is 0 Å². The Morgan fingerprint density at radius 1 is 0.793 bits per heavy atom. The van der Waals surface area contributed by atoms with Crippen molar-refractivity contribution in [3.05, 3.63) is 82.9 Å². The zero-order valence-electron chi connectivity index (χ0n) is 18.7. The molecule has 0 aliphatic carbocycles. The number of rotatable bonds is 10. The second kappa shape index (κ2) is 10.6. The zero-order chi connectivity index (χ0) is 20.6. The summed E-state index contributed by atoms with van der Waals surface area (Å²) in [5.41, 5.74) is 5.97. The summed E-state index contributed by atoms with van der Waals surface area (Å²) in [4.78, 5) is 0. The monoisotopic (exact) mass is 387 g/mol. The predicted octanol–water partition coefficient (Wildman–Crippen LogP) is 7.07. The van der Waals surface area contributed by atoms with Crippen LogP contribution in [0.3, 0.4) is 0 Å². The van der Waals surface area contributed by atoms with Crippen LogP contribution in [-0.4, -0.2) is 12.6 Å². The lowest BCUT2D eigenvalue weighted by molar-refractivity contribution is 0.475. The van der Waals surface area contributed by atoms with E-state index in [1.54, 1.807) is 5.56 Å².